The summed E-state index contributed by atoms with van der Waals surface area (Å²) in [5, 5.41) is 3.41. The van der Waals surface area contributed by atoms with Crippen molar-refractivity contribution in [2.75, 3.05) is 6.54 Å². The van der Waals surface area contributed by atoms with Crippen LogP contribution in [0.5, 0.6) is 0 Å². The molecule has 1 atom stereocenters. The van der Waals surface area contributed by atoms with Crippen molar-refractivity contribution in [3.05, 3.63) is 64.1 Å². The fraction of sp³-hybridized carbons (Fsp3) is 0.267. The lowest BCUT2D eigenvalue weighted by Crippen LogP contribution is -2.24. The van der Waals surface area contributed by atoms with Crippen LogP contribution in [0, 0.1) is 5.82 Å². The van der Waals surface area contributed by atoms with Crippen LogP contribution >= 0.6 is 15.9 Å². The number of halogens is 2. The quantitative estimate of drug-likeness (QED) is 0.897. The van der Waals surface area contributed by atoms with Crippen LogP contribution in [0.1, 0.15) is 30.6 Å². The van der Waals surface area contributed by atoms with Gasteiger partial charge in [-0.15, -0.1) is 0 Å². The monoisotopic (exact) mass is 322 g/mol. The summed E-state index contributed by atoms with van der Waals surface area (Å²) in [4.78, 5) is 4.41. The maximum absolute atomic E-state index is 13.4. The predicted molar refractivity (Wildman–Crippen MR) is 78.5 cm³/mol. The first-order chi connectivity index (χ1) is 9.22. The molecule has 19 heavy (non-hydrogen) atoms. The molecule has 0 bridgehead atoms. The van der Waals surface area contributed by atoms with E-state index in [4.69, 9.17) is 0 Å². The van der Waals surface area contributed by atoms with Gasteiger partial charge in [-0.2, -0.15) is 0 Å². The van der Waals surface area contributed by atoms with Gasteiger partial charge in [-0.3, -0.25) is 4.98 Å². The second-order valence-corrected chi connectivity index (χ2v) is 5.17. The van der Waals surface area contributed by atoms with Crippen LogP contribution in [0.3, 0.4) is 0 Å². The van der Waals surface area contributed by atoms with E-state index in [0.717, 1.165) is 28.7 Å². The van der Waals surface area contributed by atoms with Crippen molar-refractivity contribution in [1.29, 1.82) is 0 Å². The molecule has 0 aliphatic heterocycles. The van der Waals surface area contributed by atoms with E-state index in [1.54, 1.807) is 18.3 Å². The number of aromatic nitrogens is 1. The third kappa shape index (κ3) is 3.61. The summed E-state index contributed by atoms with van der Waals surface area (Å²) in [5.74, 6) is -0.229. The third-order valence-electron chi connectivity index (χ3n) is 2.84. The number of pyridine rings is 1. The molecule has 0 aliphatic rings. The fourth-order valence-corrected chi connectivity index (χ4v) is 2.44. The zero-order valence-electron chi connectivity index (χ0n) is 10.7. The van der Waals surface area contributed by atoms with Gasteiger partial charge in [0, 0.05) is 10.7 Å². The highest BCUT2D eigenvalue weighted by Crippen LogP contribution is 2.26. The van der Waals surface area contributed by atoms with E-state index in [0.29, 0.717) is 0 Å². The molecule has 1 heterocycles. The van der Waals surface area contributed by atoms with Crippen LogP contribution in [-0.4, -0.2) is 11.5 Å². The zero-order valence-corrected chi connectivity index (χ0v) is 12.3. The Morgan fingerprint density at radius 1 is 1.32 bits per heavy atom. The first kappa shape index (κ1) is 14.2. The highest BCUT2D eigenvalue weighted by molar-refractivity contribution is 9.10. The van der Waals surface area contributed by atoms with Gasteiger partial charge in [-0.1, -0.05) is 19.1 Å². The highest BCUT2D eigenvalue weighted by atomic mass is 79.9. The van der Waals surface area contributed by atoms with Crippen molar-refractivity contribution in [2.24, 2.45) is 0 Å². The Hall–Kier alpha value is -1.26. The number of hydrogen-bond acceptors (Lipinski definition) is 2. The van der Waals surface area contributed by atoms with E-state index in [2.05, 4.69) is 33.2 Å². The molecular formula is C15H16BrFN2. The van der Waals surface area contributed by atoms with Crippen molar-refractivity contribution in [2.45, 2.75) is 19.4 Å². The average molecular weight is 323 g/mol. The second-order valence-electron chi connectivity index (χ2n) is 4.31. The molecule has 1 N–H and O–H groups in total. The lowest BCUT2D eigenvalue weighted by molar-refractivity contribution is 0.574. The normalized spacial score (nSPS) is 12.4. The summed E-state index contributed by atoms with van der Waals surface area (Å²) >= 11 is 3.51. The molecule has 1 aromatic heterocycles. The van der Waals surface area contributed by atoms with Gasteiger partial charge in [-0.25, -0.2) is 4.39 Å². The molecule has 0 saturated carbocycles. The number of benzene rings is 1. The maximum atomic E-state index is 13.4. The summed E-state index contributed by atoms with van der Waals surface area (Å²) in [6.07, 6.45) is 2.76. The van der Waals surface area contributed by atoms with Crippen LogP contribution in [0.25, 0.3) is 0 Å². The van der Waals surface area contributed by atoms with Gasteiger partial charge in [-0.05, 0) is 58.7 Å². The van der Waals surface area contributed by atoms with E-state index in [1.807, 2.05) is 18.2 Å². The Morgan fingerprint density at radius 2 is 2.16 bits per heavy atom. The van der Waals surface area contributed by atoms with E-state index in [-0.39, 0.29) is 11.9 Å². The molecule has 4 heteroatoms. The minimum Gasteiger partial charge on any atom is -0.305 e. The Morgan fingerprint density at radius 3 is 2.84 bits per heavy atom. The fourth-order valence-electron chi connectivity index (χ4n) is 1.96. The Bertz CT molecular complexity index is 545. The summed E-state index contributed by atoms with van der Waals surface area (Å²) in [6.45, 7) is 2.95. The molecule has 100 valence electrons. The molecular weight excluding hydrogens is 307 g/mol. The number of rotatable bonds is 5. The molecule has 0 radical (unpaired) electrons. The molecule has 2 aromatic rings. The Labute approximate surface area is 121 Å². The smallest absolute Gasteiger partial charge is 0.123 e. The first-order valence-electron chi connectivity index (χ1n) is 6.31. The van der Waals surface area contributed by atoms with Crippen LogP contribution in [0.15, 0.2) is 47.1 Å². The molecule has 0 aliphatic carbocycles. The number of nitrogens with zero attached hydrogens (tertiary/aromatic N) is 1. The van der Waals surface area contributed by atoms with Crippen LogP contribution < -0.4 is 5.32 Å². The molecule has 0 spiro atoms. The Kier molecular flexibility index (Phi) is 5.05. The summed E-state index contributed by atoms with van der Waals surface area (Å²) in [5.41, 5.74) is 1.76. The third-order valence-corrected chi connectivity index (χ3v) is 3.51. The predicted octanol–water partition coefficient (Wildman–Crippen LogP) is 4.07. The van der Waals surface area contributed by atoms with Gasteiger partial charge < -0.3 is 5.32 Å². The van der Waals surface area contributed by atoms with E-state index >= 15 is 0 Å². The molecule has 2 nitrogen and oxygen atoms in total. The topological polar surface area (TPSA) is 24.9 Å². The molecule has 1 unspecified atom stereocenters. The highest BCUT2D eigenvalue weighted by Gasteiger charge is 2.17. The van der Waals surface area contributed by atoms with E-state index < -0.39 is 0 Å². The lowest BCUT2D eigenvalue weighted by Gasteiger charge is -2.19. The van der Waals surface area contributed by atoms with Crippen LogP contribution in [0.2, 0.25) is 0 Å². The maximum Gasteiger partial charge on any atom is 0.123 e. The number of hydrogen-bond donors (Lipinski definition) is 1. The van der Waals surface area contributed by atoms with Crippen LogP contribution in [-0.2, 0) is 0 Å². The molecule has 0 saturated heterocycles. The summed E-state index contributed by atoms with van der Waals surface area (Å²) in [7, 11) is 0. The van der Waals surface area contributed by atoms with Crippen molar-refractivity contribution in [3.63, 3.8) is 0 Å². The molecule has 1 aromatic carbocycles. The largest absolute Gasteiger partial charge is 0.305 e. The van der Waals surface area contributed by atoms with Gasteiger partial charge in [0.15, 0.2) is 0 Å². The van der Waals surface area contributed by atoms with Gasteiger partial charge in [0.2, 0.25) is 0 Å². The van der Waals surface area contributed by atoms with Crippen molar-refractivity contribution >= 4 is 15.9 Å². The lowest BCUT2D eigenvalue weighted by atomic mass is 10.0. The zero-order chi connectivity index (χ0) is 13.7. The molecule has 0 amide bonds. The van der Waals surface area contributed by atoms with Crippen molar-refractivity contribution in [3.8, 4) is 0 Å². The van der Waals surface area contributed by atoms with Gasteiger partial charge in [0.1, 0.15) is 5.82 Å². The van der Waals surface area contributed by atoms with E-state index in [1.165, 1.54) is 6.07 Å². The van der Waals surface area contributed by atoms with Gasteiger partial charge in [0.25, 0.3) is 0 Å². The van der Waals surface area contributed by atoms with Crippen LogP contribution in [0.4, 0.5) is 4.39 Å². The average Bonchev–Trinajstić information content (AvgIpc) is 2.41. The van der Waals surface area contributed by atoms with Gasteiger partial charge in [0.05, 0.1) is 11.7 Å². The number of nitrogens with one attached hydrogen (secondary N) is 1. The van der Waals surface area contributed by atoms with E-state index in [9.17, 15) is 4.39 Å². The standard InChI is InChI=1S/C15H16BrFN2/c1-2-8-18-14(11-5-3-6-12(17)10-11)15-13(16)7-4-9-19-15/h3-7,9-10,14,18H,2,8H2,1H3. The second kappa shape index (κ2) is 6.78. The SMILES string of the molecule is CCCNC(c1cccc(F)c1)c1ncccc1Br. The summed E-state index contributed by atoms with van der Waals surface area (Å²) < 4.78 is 14.3. The minimum atomic E-state index is -0.229. The van der Waals surface area contributed by atoms with Gasteiger partial charge >= 0.3 is 0 Å². The molecule has 0 fully saturated rings. The summed E-state index contributed by atoms with van der Waals surface area (Å²) in [6, 6.07) is 10.4. The molecule has 2 rings (SSSR count). The Balaban J connectivity index is 2.38. The minimum absolute atomic E-state index is 0.105. The van der Waals surface area contributed by atoms with Crippen molar-refractivity contribution < 1.29 is 4.39 Å². The first-order valence-corrected chi connectivity index (χ1v) is 7.11. The van der Waals surface area contributed by atoms with Crippen molar-refractivity contribution in [1.82, 2.24) is 10.3 Å².